The van der Waals surface area contributed by atoms with E-state index in [1.165, 1.54) is 4.90 Å². The Morgan fingerprint density at radius 2 is 2.11 bits per heavy atom. The van der Waals surface area contributed by atoms with Crippen molar-refractivity contribution < 1.29 is 4.79 Å². The zero-order valence-corrected chi connectivity index (χ0v) is 11.8. The number of benzene rings is 1. The number of nitrogens with zero attached hydrogens (tertiary/aromatic N) is 2. The Hall–Kier alpha value is -1.40. The van der Waals surface area contributed by atoms with Gasteiger partial charge in [0.15, 0.2) is 0 Å². The standard InChI is InChI=1S/C12H13N3OS2/c1-3-10-11(18-15-14-10)12(16)13-8-4-6-9(17-2)7-5-8/h4-7H,3H2,1-2H3,(H,13,16). The van der Waals surface area contributed by atoms with Crippen molar-refractivity contribution in [1.82, 2.24) is 9.59 Å². The van der Waals surface area contributed by atoms with Crippen molar-refractivity contribution in [1.29, 1.82) is 0 Å². The van der Waals surface area contributed by atoms with Crippen molar-refractivity contribution in [2.24, 2.45) is 0 Å². The lowest BCUT2D eigenvalue weighted by Crippen LogP contribution is -2.12. The van der Waals surface area contributed by atoms with Crippen LogP contribution in [-0.2, 0) is 6.42 Å². The third-order valence-corrected chi connectivity index (χ3v) is 3.96. The van der Waals surface area contributed by atoms with Gasteiger partial charge in [-0.05, 0) is 48.5 Å². The molecule has 1 aromatic carbocycles. The van der Waals surface area contributed by atoms with Crippen LogP contribution in [0.2, 0.25) is 0 Å². The summed E-state index contributed by atoms with van der Waals surface area (Å²) in [4.78, 5) is 13.8. The van der Waals surface area contributed by atoms with E-state index in [2.05, 4.69) is 14.9 Å². The van der Waals surface area contributed by atoms with E-state index in [0.29, 0.717) is 11.3 Å². The highest BCUT2D eigenvalue weighted by Crippen LogP contribution is 2.19. The molecule has 0 saturated carbocycles. The summed E-state index contributed by atoms with van der Waals surface area (Å²) in [7, 11) is 0. The summed E-state index contributed by atoms with van der Waals surface area (Å²) in [5, 5.41) is 6.78. The number of aromatic nitrogens is 2. The quantitative estimate of drug-likeness (QED) is 0.874. The molecule has 1 amide bonds. The topological polar surface area (TPSA) is 54.9 Å². The first-order chi connectivity index (χ1) is 8.74. The SMILES string of the molecule is CCc1nnsc1C(=O)Nc1ccc(SC)cc1. The Bertz CT molecular complexity index is 537. The predicted molar refractivity (Wildman–Crippen MR) is 75.5 cm³/mol. The van der Waals surface area contributed by atoms with Gasteiger partial charge in [-0.25, -0.2) is 0 Å². The van der Waals surface area contributed by atoms with Gasteiger partial charge in [0.05, 0.1) is 5.69 Å². The molecule has 0 aliphatic rings. The minimum absolute atomic E-state index is 0.140. The molecule has 0 spiro atoms. The van der Waals surface area contributed by atoms with Crippen molar-refractivity contribution in [3.8, 4) is 0 Å². The van der Waals surface area contributed by atoms with Gasteiger partial charge in [0.25, 0.3) is 5.91 Å². The lowest BCUT2D eigenvalue weighted by molar-refractivity contribution is 0.102. The molecule has 6 heteroatoms. The first-order valence-electron chi connectivity index (χ1n) is 5.51. The lowest BCUT2D eigenvalue weighted by atomic mass is 10.2. The number of carbonyl (C=O) groups is 1. The molecule has 0 unspecified atom stereocenters. The number of nitrogens with one attached hydrogen (secondary N) is 1. The van der Waals surface area contributed by atoms with Crippen molar-refractivity contribution >= 4 is 34.9 Å². The number of hydrogen-bond acceptors (Lipinski definition) is 5. The first-order valence-corrected chi connectivity index (χ1v) is 7.51. The number of hydrogen-bond donors (Lipinski definition) is 1. The number of aryl methyl sites for hydroxylation is 1. The Kier molecular flexibility index (Phi) is 4.33. The van der Waals surface area contributed by atoms with E-state index in [4.69, 9.17) is 0 Å². The molecule has 2 rings (SSSR count). The van der Waals surface area contributed by atoms with Gasteiger partial charge in [-0.15, -0.1) is 16.9 Å². The fourth-order valence-electron chi connectivity index (χ4n) is 1.47. The molecule has 0 saturated heterocycles. The minimum Gasteiger partial charge on any atom is -0.321 e. The number of rotatable bonds is 4. The van der Waals surface area contributed by atoms with Crippen LogP contribution in [0.15, 0.2) is 29.2 Å². The van der Waals surface area contributed by atoms with Gasteiger partial charge in [-0.2, -0.15) is 0 Å². The van der Waals surface area contributed by atoms with Gasteiger partial charge in [0.1, 0.15) is 4.88 Å². The van der Waals surface area contributed by atoms with E-state index < -0.39 is 0 Å². The Morgan fingerprint density at radius 3 is 2.72 bits per heavy atom. The molecule has 0 aliphatic carbocycles. The van der Waals surface area contributed by atoms with E-state index in [0.717, 1.165) is 22.9 Å². The summed E-state index contributed by atoms with van der Waals surface area (Å²) in [5.74, 6) is -0.140. The zero-order chi connectivity index (χ0) is 13.0. The maximum atomic E-state index is 12.0. The summed E-state index contributed by atoms with van der Waals surface area (Å²) < 4.78 is 3.81. The smallest absolute Gasteiger partial charge is 0.269 e. The van der Waals surface area contributed by atoms with Crippen LogP contribution in [0, 0.1) is 0 Å². The van der Waals surface area contributed by atoms with E-state index in [-0.39, 0.29) is 5.91 Å². The highest BCUT2D eigenvalue weighted by atomic mass is 32.2. The van der Waals surface area contributed by atoms with Gasteiger partial charge in [0.2, 0.25) is 0 Å². The number of carbonyl (C=O) groups excluding carboxylic acids is 1. The fraction of sp³-hybridized carbons (Fsp3) is 0.250. The van der Waals surface area contributed by atoms with Crippen LogP contribution in [0.3, 0.4) is 0 Å². The number of thioether (sulfide) groups is 1. The van der Waals surface area contributed by atoms with E-state index >= 15 is 0 Å². The summed E-state index contributed by atoms with van der Waals surface area (Å²) in [5.41, 5.74) is 1.53. The summed E-state index contributed by atoms with van der Waals surface area (Å²) in [6, 6.07) is 7.74. The van der Waals surface area contributed by atoms with E-state index in [1.807, 2.05) is 37.4 Å². The maximum absolute atomic E-state index is 12.0. The Morgan fingerprint density at radius 1 is 1.39 bits per heavy atom. The molecule has 1 aromatic heterocycles. The van der Waals surface area contributed by atoms with Crippen LogP contribution in [0.5, 0.6) is 0 Å². The maximum Gasteiger partial charge on any atom is 0.269 e. The van der Waals surface area contributed by atoms with Gasteiger partial charge in [-0.3, -0.25) is 4.79 Å². The highest BCUT2D eigenvalue weighted by Gasteiger charge is 2.14. The van der Waals surface area contributed by atoms with E-state index in [9.17, 15) is 4.79 Å². The lowest BCUT2D eigenvalue weighted by Gasteiger charge is -2.04. The molecular formula is C12H13N3OS2. The molecule has 0 atom stereocenters. The largest absolute Gasteiger partial charge is 0.321 e. The number of amides is 1. The van der Waals surface area contributed by atoms with E-state index in [1.54, 1.807) is 11.8 Å². The second-order valence-electron chi connectivity index (χ2n) is 3.58. The Labute approximate surface area is 114 Å². The molecule has 1 heterocycles. The summed E-state index contributed by atoms with van der Waals surface area (Å²) in [6.45, 7) is 1.96. The van der Waals surface area contributed by atoms with Gasteiger partial charge >= 0.3 is 0 Å². The second kappa shape index (κ2) is 5.97. The van der Waals surface area contributed by atoms with Crippen LogP contribution in [-0.4, -0.2) is 21.7 Å². The second-order valence-corrected chi connectivity index (χ2v) is 5.22. The average molecular weight is 279 g/mol. The minimum atomic E-state index is -0.140. The predicted octanol–water partition coefficient (Wildman–Crippen LogP) is 3.07. The third kappa shape index (κ3) is 2.88. The van der Waals surface area contributed by atoms with Crippen molar-refractivity contribution in [3.05, 3.63) is 34.8 Å². The van der Waals surface area contributed by atoms with Crippen LogP contribution in [0.4, 0.5) is 5.69 Å². The normalized spacial score (nSPS) is 10.3. The van der Waals surface area contributed by atoms with Crippen molar-refractivity contribution in [2.45, 2.75) is 18.2 Å². The number of anilines is 1. The zero-order valence-electron chi connectivity index (χ0n) is 10.1. The Balaban J connectivity index is 2.11. The molecule has 18 heavy (non-hydrogen) atoms. The summed E-state index contributed by atoms with van der Waals surface area (Å²) in [6.07, 6.45) is 2.73. The molecule has 4 nitrogen and oxygen atoms in total. The molecule has 2 aromatic rings. The fourth-order valence-corrected chi connectivity index (χ4v) is 2.53. The molecule has 94 valence electrons. The molecule has 0 fully saturated rings. The van der Waals surface area contributed by atoms with Gasteiger partial charge < -0.3 is 5.32 Å². The summed E-state index contributed by atoms with van der Waals surface area (Å²) >= 11 is 2.80. The molecule has 1 N–H and O–H groups in total. The van der Waals surface area contributed by atoms with Crippen molar-refractivity contribution in [3.63, 3.8) is 0 Å². The third-order valence-electron chi connectivity index (χ3n) is 2.44. The van der Waals surface area contributed by atoms with Crippen LogP contribution in [0.25, 0.3) is 0 Å². The van der Waals surface area contributed by atoms with Gasteiger partial charge in [0, 0.05) is 10.6 Å². The van der Waals surface area contributed by atoms with Crippen LogP contribution >= 0.6 is 23.3 Å². The van der Waals surface area contributed by atoms with Crippen LogP contribution in [0.1, 0.15) is 22.3 Å². The van der Waals surface area contributed by atoms with Crippen LogP contribution < -0.4 is 5.32 Å². The van der Waals surface area contributed by atoms with Crippen molar-refractivity contribution in [2.75, 3.05) is 11.6 Å². The average Bonchev–Trinajstić information content (AvgIpc) is 2.88. The molecule has 0 radical (unpaired) electrons. The molecular weight excluding hydrogens is 266 g/mol. The molecule has 0 aliphatic heterocycles. The van der Waals surface area contributed by atoms with Gasteiger partial charge in [-0.1, -0.05) is 11.4 Å². The highest BCUT2D eigenvalue weighted by molar-refractivity contribution is 7.98. The molecule has 0 bridgehead atoms. The first kappa shape index (κ1) is 13.0. The monoisotopic (exact) mass is 279 g/mol.